The van der Waals surface area contributed by atoms with Crippen molar-refractivity contribution in [2.45, 2.75) is 13.5 Å². The topological polar surface area (TPSA) is 85.8 Å². The van der Waals surface area contributed by atoms with Crippen LogP contribution in [0.15, 0.2) is 34.7 Å². The molecule has 118 valence electrons. The summed E-state index contributed by atoms with van der Waals surface area (Å²) < 4.78 is 5.53. The second-order valence-corrected chi connectivity index (χ2v) is 5.39. The molecule has 0 spiro atoms. The van der Waals surface area contributed by atoms with E-state index in [4.69, 9.17) is 27.6 Å². The molecule has 0 aliphatic heterocycles. The van der Waals surface area contributed by atoms with Gasteiger partial charge in [0.15, 0.2) is 5.76 Å². The first-order chi connectivity index (χ1) is 11.1. The van der Waals surface area contributed by atoms with Crippen molar-refractivity contribution in [2.24, 2.45) is 0 Å². The molecule has 0 fully saturated rings. The standard InChI is InChI=1S/C14H11Cl2N5O2/c1-2-21-19-14(18-20-21)17-13(22)12-6-5-11(23-12)9-7-8(15)3-4-10(9)16/h3-7H,2H2,1H3,(H,17,19,22). The Morgan fingerprint density at radius 3 is 2.87 bits per heavy atom. The fraction of sp³-hybridized carbons (Fsp3) is 0.143. The molecule has 0 aliphatic carbocycles. The molecule has 2 heterocycles. The number of amides is 1. The van der Waals surface area contributed by atoms with Gasteiger partial charge >= 0.3 is 0 Å². The summed E-state index contributed by atoms with van der Waals surface area (Å²) in [6.45, 7) is 2.42. The van der Waals surface area contributed by atoms with Crippen LogP contribution in [0.1, 0.15) is 17.5 Å². The summed E-state index contributed by atoms with van der Waals surface area (Å²) in [5, 5.41) is 14.9. The molecule has 9 heteroatoms. The van der Waals surface area contributed by atoms with Gasteiger partial charge in [0.1, 0.15) is 5.76 Å². The Hall–Kier alpha value is -2.38. The van der Waals surface area contributed by atoms with Gasteiger partial charge in [0.2, 0.25) is 0 Å². The Kier molecular flexibility index (Phi) is 4.31. The van der Waals surface area contributed by atoms with Crippen molar-refractivity contribution >= 4 is 35.1 Å². The number of furan rings is 1. The third-order valence-electron chi connectivity index (χ3n) is 2.98. The number of rotatable bonds is 4. The molecule has 0 radical (unpaired) electrons. The van der Waals surface area contributed by atoms with E-state index in [1.165, 1.54) is 10.9 Å². The van der Waals surface area contributed by atoms with E-state index in [2.05, 4.69) is 20.7 Å². The summed E-state index contributed by atoms with van der Waals surface area (Å²) in [7, 11) is 0. The van der Waals surface area contributed by atoms with Crippen LogP contribution >= 0.6 is 23.2 Å². The maximum absolute atomic E-state index is 12.1. The molecule has 2 aromatic heterocycles. The van der Waals surface area contributed by atoms with E-state index >= 15 is 0 Å². The minimum atomic E-state index is -0.481. The lowest BCUT2D eigenvalue weighted by Crippen LogP contribution is -2.12. The molecule has 0 saturated carbocycles. The van der Waals surface area contributed by atoms with Crippen molar-refractivity contribution in [1.82, 2.24) is 20.2 Å². The number of nitrogens with zero attached hydrogens (tertiary/aromatic N) is 4. The van der Waals surface area contributed by atoms with Gasteiger partial charge in [0, 0.05) is 10.6 Å². The van der Waals surface area contributed by atoms with Gasteiger partial charge < -0.3 is 4.42 Å². The van der Waals surface area contributed by atoms with Gasteiger partial charge in [0.25, 0.3) is 11.9 Å². The Labute approximate surface area is 141 Å². The number of anilines is 1. The first kappa shape index (κ1) is 15.5. The highest BCUT2D eigenvalue weighted by molar-refractivity contribution is 6.35. The number of hydrogen-bond donors (Lipinski definition) is 1. The zero-order chi connectivity index (χ0) is 16.4. The van der Waals surface area contributed by atoms with Gasteiger partial charge in [0.05, 0.1) is 11.6 Å². The number of benzene rings is 1. The molecule has 0 atom stereocenters. The van der Waals surface area contributed by atoms with Crippen LogP contribution in [0.4, 0.5) is 5.95 Å². The summed E-state index contributed by atoms with van der Waals surface area (Å²) in [6, 6.07) is 8.18. The minimum Gasteiger partial charge on any atom is -0.451 e. The molecule has 7 nitrogen and oxygen atoms in total. The Balaban J connectivity index is 1.81. The van der Waals surface area contributed by atoms with Crippen LogP contribution in [-0.4, -0.2) is 26.1 Å². The maximum atomic E-state index is 12.1. The number of carbonyl (C=O) groups excluding carboxylic acids is 1. The zero-order valence-corrected chi connectivity index (χ0v) is 13.5. The van der Waals surface area contributed by atoms with Gasteiger partial charge in [-0.05, 0) is 42.5 Å². The highest BCUT2D eigenvalue weighted by Crippen LogP contribution is 2.31. The van der Waals surface area contributed by atoms with Crippen LogP contribution in [-0.2, 0) is 6.54 Å². The highest BCUT2D eigenvalue weighted by atomic mass is 35.5. The molecule has 23 heavy (non-hydrogen) atoms. The number of nitrogens with one attached hydrogen (secondary N) is 1. The Morgan fingerprint density at radius 2 is 2.13 bits per heavy atom. The summed E-state index contributed by atoms with van der Waals surface area (Å²) in [6.07, 6.45) is 0. The molecule has 0 aliphatic rings. The van der Waals surface area contributed by atoms with Gasteiger partial charge in [-0.2, -0.15) is 4.80 Å². The molecular weight excluding hydrogens is 341 g/mol. The van der Waals surface area contributed by atoms with E-state index in [-0.39, 0.29) is 11.7 Å². The van der Waals surface area contributed by atoms with Gasteiger partial charge in [-0.15, -0.1) is 5.10 Å². The van der Waals surface area contributed by atoms with Crippen LogP contribution in [0, 0.1) is 0 Å². The first-order valence-corrected chi connectivity index (χ1v) is 7.47. The summed E-state index contributed by atoms with van der Waals surface area (Å²) in [5.41, 5.74) is 0.605. The van der Waals surface area contributed by atoms with Crippen molar-refractivity contribution in [3.8, 4) is 11.3 Å². The smallest absolute Gasteiger partial charge is 0.293 e. The van der Waals surface area contributed by atoms with E-state index in [1.807, 2.05) is 6.92 Å². The van der Waals surface area contributed by atoms with E-state index in [1.54, 1.807) is 24.3 Å². The molecular formula is C14H11Cl2N5O2. The predicted octanol–water partition coefficient (Wildman–Crippen LogP) is 3.51. The molecule has 3 rings (SSSR count). The molecule has 1 N–H and O–H groups in total. The van der Waals surface area contributed by atoms with Crippen molar-refractivity contribution in [1.29, 1.82) is 0 Å². The van der Waals surface area contributed by atoms with Gasteiger partial charge in [-0.3, -0.25) is 10.1 Å². The largest absolute Gasteiger partial charge is 0.451 e. The second kappa shape index (κ2) is 6.39. The fourth-order valence-electron chi connectivity index (χ4n) is 1.88. The number of hydrogen-bond acceptors (Lipinski definition) is 5. The summed E-state index contributed by atoms with van der Waals surface area (Å²) in [5.74, 6) is 0.164. The lowest BCUT2D eigenvalue weighted by Gasteiger charge is -2.01. The molecule has 0 bridgehead atoms. The normalized spacial score (nSPS) is 10.7. The van der Waals surface area contributed by atoms with Crippen molar-refractivity contribution in [3.63, 3.8) is 0 Å². The van der Waals surface area contributed by atoms with Crippen molar-refractivity contribution < 1.29 is 9.21 Å². The number of carbonyl (C=O) groups is 1. The van der Waals surface area contributed by atoms with Crippen LogP contribution in [0.3, 0.4) is 0 Å². The maximum Gasteiger partial charge on any atom is 0.293 e. The molecule has 0 unspecified atom stereocenters. The van der Waals surface area contributed by atoms with Gasteiger partial charge in [-0.1, -0.05) is 28.3 Å². The number of halogens is 2. The number of aromatic nitrogens is 4. The minimum absolute atomic E-state index is 0.101. The predicted molar refractivity (Wildman–Crippen MR) is 85.6 cm³/mol. The summed E-state index contributed by atoms with van der Waals surface area (Å²) >= 11 is 12.1. The average Bonchev–Trinajstić information content (AvgIpc) is 3.18. The number of tetrazole rings is 1. The highest BCUT2D eigenvalue weighted by Gasteiger charge is 2.16. The number of aryl methyl sites for hydroxylation is 1. The molecule has 1 aromatic carbocycles. The van der Waals surface area contributed by atoms with Crippen molar-refractivity contribution in [3.05, 3.63) is 46.1 Å². The molecule has 1 amide bonds. The van der Waals surface area contributed by atoms with Gasteiger partial charge in [-0.25, -0.2) is 0 Å². The monoisotopic (exact) mass is 351 g/mol. The van der Waals surface area contributed by atoms with Crippen LogP contribution < -0.4 is 5.32 Å². The van der Waals surface area contributed by atoms with Crippen LogP contribution in [0.2, 0.25) is 10.0 Å². The molecule has 3 aromatic rings. The third-order valence-corrected chi connectivity index (χ3v) is 3.55. The van der Waals surface area contributed by atoms with E-state index in [0.717, 1.165) is 0 Å². The van der Waals surface area contributed by atoms with Crippen LogP contribution in [0.5, 0.6) is 0 Å². The lowest BCUT2D eigenvalue weighted by molar-refractivity contribution is 0.0996. The third kappa shape index (κ3) is 3.35. The van der Waals surface area contributed by atoms with E-state index in [0.29, 0.717) is 27.9 Å². The Bertz CT molecular complexity index is 858. The first-order valence-electron chi connectivity index (χ1n) is 6.71. The SMILES string of the molecule is CCn1nnc(NC(=O)c2ccc(-c3cc(Cl)ccc3Cl)o2)n1. The Morgan fingerprint density at radius 1 is 1.30 bits per heavy atom. The second-order valence-electron chi connectivity index (χ2n) is 4.54. The van der Waals surface area contributed by atoms with E-state index < -0.39 is 5.91 Å². The van der Waals surface area contributed by atoms with Crippen LogP contribution in [0.25, 0.3) is 11.3 Å². The van der Waals surface area contributed by atoms with Crippen molar-refractivity contribution in [2.75, 3.05) is 5.32 Å². The fourth-order valence-corrected chi connectivity index (χ4v) is 2.26. The lowest BCUT2D eigenvalue weighted by atomic mass is 10.2. The zero-order valence-electron chi connectivity index (χ0n) is 12.0. The van der Waals surface area contributed by atoms with E-state index in [9.17, 15) is 4.79 Å². The summed E-state index contributed by atoms with van der Waals surface area (Å²) in [4.78, 5) is 13.5. The molecule has 0 saturated heterocycles. The quantitative estimate of drug-likeness (QED) is 0.777. The average molecular weight is 352 g/mol.